The minimum Gasteiger partial charge on any atom is -0.381 e. The second-order valence-electron chi connectivity index (χ2n) is 5.46. The Balaban J connectivity index is 0.000000771. The summed E-state index contributed by atoms with van der Waals surface area (Å²) in [5, 5.41) is 0. The molecule has 0 amide bonds. The van der Waals surface area contributed by atoms with Crippen molar-refractivity contribution in [3.8, 4) is 0 Å². The van der Waals surface area contributed by atoms with Crippen molar-refractivity contribution in [3.63, 3.8) is 0 Å². The molecule has 1 aliphatic heterocycles. The molecule has 0 radical (unpaired) electrons. The van der Waals surface area contributed by atoms with Gasteiger partial charge in [0.15, 0.2) is 0 Å². The van der Waals surface area contributed by atoms with Crippen molar-refractivity contribution in [2.75, 3.05) is 20.2 Å². The van der Waals surface area contributed by atoms with Crippen LogP contribution in [0.1, 0.15) is 59.3 Å². The number of piperidine rings is 1. The van der Waals surface area contributed by atoms with Gasteiger partial charge >= 0.3 is 0 Å². The molecule has 2 fully saturated rings. The van der Waals surface area contributed by atoms with E-state index in [0.29, 0.717) is 11.9 Å². The van der Waals surface area contributed by atoms with Crippen LogP contribution >= 0.6 is 0 Å². The summed E-state index contributed by atoms with van der Waals surface area (Å²) in [6.07, 6.45) is 6.37. The molecule has 18 heavy (non-hydrogen) atoms. The first-order chi connectivity index (χ1) is 8.64. The number of likely N-dealkylation sites (tertiary alicyclic amines) is 1. The van der Waals surface area contributed by atoms with E-state index in [4.69, 9.17) is 4.74 Å². The molecule has 0 aromatic carbocycles. The molecule has 0 N–H and O–H groups in total. The topological polar surface area (TPSA) is 29.5 Å². The van der Waals surface area contributed by atoms with E-state index in [-0.39, 0.29) is 5.54 Å². The van der Waals surface area contributed by atoms with Crippen LogP contribution in [0.4, 0.5) is 0 Å². The highest BCUT2D eigenvalue weighted by Crippen LogP contribution is 2.33. The number of hydrogen-bond donors (Lipinski definition) is 0. The zero-order valence-corrected chi connectivity index (χ0v) is 12.5. The Morgan fingerprint density at radius 3 is 2.11 bits per heavy atom. The fraction of sp³-hybridized carbons (Fsp3) is 0.933. The van der Waals surface area contributed by atoms with E-state index in [1.54, 1.807) is 7.11 Å². The van der Waals surface area contributed by atoms with Crippen molar-refractivity contribution >= 4 is 5.78 Å². The van der Waals surface area contributed by atoms with Gasteiger partial charge in [0.05, 0.1) is 6.10 Å². The first-order valence-electron chi connectivity index (χ1n) is 7.43. The summed E-state index contributed by atoms with van der Waals surface area (Å²) in [6, 6.07) is 0. The van der Waals surface area contributed by atoms with Crippen molar-refractivity contribution in [2.45, 2.75) is 70.9 Å². The number of ether oxygens (including phenoxy) is 1. The SMILES string of the molecule is CC.COC1CCN(C2(C)CCC(=O)CC2)CC1. The fourth-order valence-corrected chi connectivity index (χ4v) is 3.01. The summed E-state index contributed by atoms with van der Waals surface area (Å²) in [5.41, 5.74) is 0.270. The Hall–Kier alpha value is -0.410. The van der Waals surface area contributed by atoms with Crippen LogP contribution in [0.25, 0.3) is 0 Å². The van der Waals surface area contributed by atoms with Gasteiger partial charge in [-0.2, -0.15) is 0 Å². The highest BCUT2D eigenvalue weighted by atomic mass is 16.5. The molecular formula is C15H29NO2. The number of rotatable bonds is 2. The molecule has 0 aromatic rings. The first kappa shape index (κ1) is 15.6. The number of Topliss-reactive ketones (excluding diaryl/α,β-unsaturated/α-hetero) is 1. The molecule has 3 nitrogen and oxygen atoms in total. The average Bonchev–Trinajstić information content (AvgIpc) is 2.45. The van der Waals surface area contributed by atoms with Crippen LogP contribution in [0.3, 0.4) is 0 Å². The summed E-state index contributed by atoms with van der Waals surface area (Å²) < 4.78 is 5.40. The van der Waals surface area contributed by atoms with Crippen molar-refractivity contribution in [2.24, 2.45) is 0 Å². The van der Waals surface area contributed by atoms with Crippen LogP contribution in [-0.2, 0) is 9.53 Å². The lowest BCUT2D eigenvalue weighted by atomic mass is 9.80. The first-order valence-corrected chi connectivity index (χ1v) is 7.43. The summed E-state index contributed by atoms with van der Waals surface area (Å²) in [5.74, 6) is 0.448. The lowest BCUT2D eigenvalue weighted by molar-refractivity contribution is -0.123. The Morgan fingerprint density at radius 1 is 1.17 bits per heavy atom. The van der Waals surface area contributed by atoms with E-state index in [1.165, 1.54) is 0 Å². The van der Waals surface area contributed by atoms with Gasteiger partial charge in [-0.15, -0.1) is 0 Å². The maximum absolute atomic E-state index is 11.3. The normalized spacial score (nSPS) is 25.4. The minimum absolute atomic E-state index is 0.270. The number of carbonyl (C=O) groups excluding carboxylic acids is 1. The molecule has 2 aliphatic rings. The number of carbonyl (C=O) groups is 1. The molecule has 0 bridgehead atoms. The van der Waals surface area contributed by atoms with Crippen LogP contribution in [0.5, 0.6) is 0 Å². The van der Waals surface area contributed by atoms with Crippen molar-refractivity contribution in [1.82, 2.24) is 4.90 Å². The Labute approximate surface area is 112 Å². The zero-order valence-electron chi connectivity index (χ0n) is 12.5. The zero-order chi connectivity index (χ0) is 13.6. The van der Waals surface area contributed by atoms with Gasteiger partial charge in [0.1, 0.15) is 5.78 Å². The molecule has 1 heterocycles. The van der Waals surface area contributed by atoms with Gasteiger partial charge in [0, 0.05) is 38.6 Å². The number of ketones is 1. The van der Waals surface area contributed by atoms with Crippen LogP contribution < -0.4 is 0 Å². The predicted molar refractivity (Wildman–Crippen MR) is 74.8 cm³/mol. The maximum Gasteiger partial charge on any atom is 0.133 e. The maximum atomic E-state index is 11.3. The highest BCUT2D eigenvalue weighted by molar-refractivity contribution is 5.79. The molecular weight excluding hydrogens is 226 g/mol. The molecule has 3 heteroatoms. The lowest BCUT2D eigenvalue weighted by Gasteiger charge is -2.46. The van der Waals surface area contributed by atoms with E-state index in [1.807, 2.05) is 13.8 Å². The molecule has 0 atom stereocenters. The molecule has 106 valence electrons. The van der Waals surface area contributed by atoms with Gasteiger partial charge in [-0.05, 0) is 32.6 Å². The summed E-state index contributed by atoms with van der Waals surface area (Å²) in [6.45, 7) is 8.58. The summed E-state index contributed by atoms with van der Waals surface area (Å²) >= 11 is 0. The van der Waals surface area contributed by atoms with Gasteiger partial charge in [-0.25, -0.2) is 0 Å². The standard InChI is InChI=1S/C13H23NO2.C2H6/c1-13(7-3-11(15)4-8-13)14-9-5-12(16-2)6-10-14;1-2/h12H,3-10H2,1-2H3;1-2H3. The molecule has 0 spiro atoms. The number of hydrogen-bond acceptors (Lipinski definition) is 3. The number of methoxy groups -OCH3 is 1. The van der Waals surface area contributed by atoms with E-state index >= 15 is 0 Å². The van der Waals surface area contributed by atoms with Crippen LogP contribution in [0.15, 0.2) is 0 Å². The average molecular weight is 255 g/mol. The Kier molecular flexibility index (Phi) is 6.30. The highest BCUT2D eigenvalue weighted by Gasteiger charge is 2.37. The summed E-state index contributed by atoms with van der Waals surface area (Å²) in [4.78, 5) is 13.9. The molecule has 1 aliphatic carbocycles. The second-order valence-corrected chi connectivity index (χ2v) is 5.46. The van der Waals surface area contributed by atoms with E-state index in [0.717, 1.165) is 51.6 Å². The predicted octanol–water partition coefficient (Wildman–Crippen LogP) is 3.03. The largest absolute Gasteiger partial charge is 0.381 e. The van der Waals surface area contributed by atoms with E-state index in [9.17, 15) is 4.79 Å². The van der Waals surface area contributed by atoms with Crippen LogP contribution in [0.2, 0.25) is 0 Å². The molecule has 0 unspecified atom stereocenters. The molecule has 0 aromatic heterocycles. The number of nitrogens with zero attached hydrogens (tertiary/aromatic N) is 1. The van der Waals surface area contributed by atoms with Gasteiger partial charge < -0.3 is 4.74 Å². The van der Waals surface area contributed by atoms with Gasteiger partial charge in [-0.3, -0.25) is 9.69 Å². The Morgan fingerprint density at radius 2 is 1.67 bits per heavy atom. The summed E-state index contributed by atoms with van der Waals surface area (Å²) in [7, 11) is 1.81. The second kappa shape index (κ2) is 7.25. The van der Waals surface area contributed by atoms with Crippen molar-refractivity contribution in [1.29, 1.82) is 0 Å². The van der Waals surface area contributed by atoms with Gasteiger partial charge in [-0.1, -0.05) is 13.8 Å². The third-order valence-electron chi connectivity index (χ3n) is 4.42. The lowest BCUT2D eigenvalue weighted by Crippen LogP contribution is -2.52. The van der Waals surface area contributed by atoms with Crippen molar-refractivity contribution in [3.05, 3.63) is 0 Å². The molecule has 1 saturated carbocycles. The quantitative estimate of drug-likeness (QED) is 0.759. The smallest absolute Gasteiger partial charge is 0.133 e. The minimum atomic E-state index is 0.270. The van der Waals surface area contributed by atoms with Gasteiger partial charge in [0.25, 0.3) is 0 Å². The van der Waals surface area contributed by atoms with Gasteiger partial charge in [0.2, 0.25) is 0 Å². The third kappa shape index (κ3) is 3.79. The monoisotopic (exact) mass is 255 g/mol. The molecule has 1 saturated heterocycles. The fourth-order valence-electron chi connectivity index (χ4n) is 3.01. The van der Waals surface area contributed by atoms with E-state index in [2.05, 4.69) is 11.8 Å². The van der Waals surface area contributed by atoms with Crippen LogP contribution in [0, 0.1) is 0 Å². The molecule has 2 rings (SSSR count). The van der Waals surface area contributed by atoms with Crippen LogP contribution in [-0.4, -0.2) is 42.5 Å². The van der Waals surface area contributed by atoms with Crippen molar-refractivity contribution < 1.29 is 9.53 Å². The van der Waals surface area contributed by atoms with E-state index < -0.39 is 0 Å². The third-order valence-corrected chi connectivity index (χ3v) is 4.42. The Bertz CT molecular complexity index is 247.